The highest BCUT2D eigenvalue weighted by molar-refractivity contribution is 6.06. The van der Waals surface area contributed by atoms with Crippen molar-refractivity contribution < 1.29 is 4.79 Å². The molecule has 2 aromatic heterocycles. The smallest absolute Gasteiger partial charge is 0.185 e. The van der Waals surface area contributed by atoms with E-state index in [1.54, 1.807) is 0 Å². The van der Waals surface area contributed by atoms with Gasteiger partial charge in [-0.15, -0.1) is 5.10 Å². The Bertz CT molecular complexity index is 1120. The molecule has 33 heavy (non-hydrogen) atoms. The number of carbonyl (C=O) groups is 1. The van der Waals surface area contributed by atoms with Crippen LogP contribution in [0.5, 0.6) is 0 Å². The van der Waals surface area contributed by atoms with Gasteiger partial charge < -0.3 is 4.90 Å². The average molecular weight is 447 g/mol. The van der Waals surface area contributed by atoms with Gasteiger partial charge in [-0.3, -0.25) is 19.5 Å². The van der Waals surface area contributed by atoms with Gasteiger partial charge in [-0.1, -0.05) is 17.7 Å². The number of aromatic amines is 1. The van der Waals surface area contributed by atoms with Crippen molar-refractivity contribution in [3.8, 4) is 11.3 Å². The van der Waals surface area contributed by atoms with Gasteiger partial charge in [0.2, 0.25) is 0 Å². The second-order valence-electron chi connectivity index (χ2n) is 9.86. The molecular formula is C25H32N7O. The molecule has 0 saturated carbocycles. The van der Waals surface area contributed by atoms with Gasteiger partial charge in [0.1, 0.15) is 11.4 Å². The third-order valence-corrected chi connectivity index (χ3v) is 7.69. The third kappa shape index (κ3) is 4.34. The second kappa shape index (κ2) is 8.99. The van der Waals surface area contributed by atoms with Gasteiger partial charge in [0.05, 0.1) is 18.3 Å². The minimum atomic E-state index is 0.117. The van der Waals surface area contributed by atoms with Gasteiger partial charge in [-0.2, -0.15) is 5.10 Å². The molecule has 2 bridgehead atoms. The van der Waals surface area contributed by atoms with Crippen LogP contribution >= 0.6 is 0 Å². The van der Waals surface area contributed by atoms with Crippen molar-refractivity contribution in [1.82, 2.24) is 35.0 Å². The number of H-pyrrole nitrogens is 1. The lowest BCUT2D eigenvalue weighted by molar-refractivity contribution is 0.0755. The summed E-state index contributed by atoms with van der Waals surface area (Å²) in [7, 11) is 0. The maximum atomic E-state index is 13.1. The summed E-state index contributed by atoms with van der Waals surface area (Å²) in [6.45, 7) is 6.48. The molecule has 4 aliphatic rings. The van der Waals surface area contributed by atoms with Gasteiger partial charge in [0, 0.05) is 30.0 Å². The molecule has 8 nitrogen and oxygen atoms in total. The normalized spacial score (nSPS) is 25.6. The molecular weight excluding hydrogens is 414 g/mol. The molecule has 3 aromatic rings. The first kappa shape index (κ1) is 21.0. The van der Waals surface area contributed by atoms with Crippen molar-refractivity contribution in [1.29, 1.82) is 0 Å². The van der Waals surface area contributed by atoms with Crippen LogP contribution in [0.1, 0.15) is 49.0 Å². The monoisotopic (exact) mass is 446 g/mol. The lowest BCUT2D eigenvalue weighted by Crippen LogP contribution is -2.49. The van der Waals surface area contributed by atoms with Crippen LogP contribution in [0.25, 0.3) is 22.2 Å². The highest BCUT2D eigenvalue weighted by Crippen LogP contribution is 2.33. The van der Waals surface area contributed by atoms with E-state index in [4.69, 9.17) is 0 Å². The maximum absolute atomic E-state index is 13.1. The predicted octanol–water partition coefficient (Wildman–Crippen LogP) is 3.18. The first-order valence-corrected chi connectivity index (χ1v) is 12.5. The van der Waals surface area contributed by atoms with Crippen LogP contribution in [-0.4, -0.2) is 79.5 Å². The first-order chi connectivity index (χ1) is 16.2. The summed E-state index contributed by atoms with van der Waals surface area (Å²) in [4.78, 5) is 18.0. The zero-order chi connectivity index (χ0) is 22.2. The van der Waals surface area contributed by atoms with Crippen LogP contribution in [-0.2, 0) is 6.54 Å². The Morgan fingerprint density at radius 3 is 2.70 bits per heavy atom. The number of hydrogen-bond acceptors (Lipinski definition) is 6. The number of aromatic nitrogens is 5. The zero-order valence-corrected chi connectivity index (χ0v) is 19.1. The summed E-state index contributed by atoms with van der Waals surface area (Å²) in [5.74, 6) is 0.797. The van der Waals surface area contributed by atoms with Crippen LogP contribution in [0, 0.1) is 12.3 Å². The number of rotatable bonds is 7. The molecule has 0 spiro atoms. The van der Waals surface area contributed by atoms with Crippen LogP contribution in [0.15, 0.2) is 24.4 Å². The standard InChI is InChI=1S/C25H32N7O/c33-24(16-20-14-18-6-10-31(20)11-7-18)25-21-5-4-19(15-22(21)26-28-25)23-17-32(29-27-23)13-12-30-8-2-1-3-9-30/h4-5,14-15,17-18,20H,1-3,6-13,16H2,(H,26,28)/t20-/m0/s1. The summed E-state index contributed by atoms with van der Waals surface area (Å²) in [6, 6.07) is 6.30. The van der Waals surface area contributed by atoms with Gasteiger partial charge in [0.25, 0.3) is 0 Å². The van der Waals surface area contributed by atoms with E-state index in [9.17, 15) is 4.79 Å². The minimum Gasteiger partial charge on any atom is -0.301 e. The molecule has 4 aliphatic heterocycles. The van der Waals surface area contributed by atoms with Crippen molar-refractivity contribution in [2.45, 2.75) is 51.1 Å². The molecule has 4 fully saturated rings. The number of nitrogens with one attached hydrogen (secondary N) is 1. The number of carbonyl (C=O) groups excluding carboxylic acids is 1. The molecule has 6 heterocycles. The number of likely N-dealkylation sites (tertiary alicyclic amines) is 1. The van der Waals surface area contributed by atoms with Crippen molar-refractivity contribution in [3.05, 3.63) is 36.5 Å². The molecule has 1 atom stereocenters. The Morgan fingerprint density at radius 1 is 1.06 bits per heavy atom. The number of piperidine rings is 4. The van der Waals surface area contributed by atoms with Crippen LogP contribution < -0.4 is 0 Å². The first-order valence-electron chi connectivity index (χ1n) is 12.5. The summed E-state index contributed by atoms with van der Waals surface area (Å²) in [6.07, 6.45) is 11.3. The summed E-state index contributed by atoms with van der Waals surface area (Å²) in [5, 5.41) is 17.1. The lowest BCUT2D eigenvalue weighted by atomic mass is 9.81. The lowest BCUT2D eigenvalue weighted by Gasteiger charge is -2.45. The number of ketones is 1. The van der Waals surface area contributed by atoms with E-state index in [0.717, 1.165) is 48.3 Å². The summed E-state index contributed by atoms with van der Waals surface area (Å²) >= 11 is 0. The molecule has 173 valence electrons. The average Bonchev–Trinajstić information content (AvgIpc) is 3.51. The predicted molar refractivity (Wildman–Crippen MR) is 127 cm³/mol. The largest absolute Gasteiger partial charge is 0.301 e. The van der Waals surface area contributed by atoms with E-state index in [1.807, 2.05) is 29.1 Å². The van der Waals surface area contributed by atoms with E-state index < -0.39 is 0 Å². The van der Waals surface area contributed by atoms with Crippen LogP contribution in [0.4, 0.5) is 0 Å². The van der Waals surface area contributed by atoms with E-state index in [0.29, 0.717) is 18.0 Å². The molecule has 8 heteroatoms. The SMILES string of the molecule is O=C(C[C@@H]1[CH]C2CCN1CC2)c1n[nH]c2cc(-c3cn(CCN4CCCCC4)nn3)ccc12. The van der Waals surface area contributed by atoms with Crippen LogP contribution in [0.2, 0.25) is 0 Å². The number of fused-ring (bicyclic) bond motifs is 4. The Labute approximate surface area is 194 Å². The van der Waals surface area contributed by atoms with Gasteiger partial charge >= 0.3 is 0 Å². The molecule has 1 radical (unpaired) electrons. The maximum Gasteiger partial charge on any atom is 0.185 e. The molecule has 7 rings (SSSR count). The highest BCUT2D eigenvalue weighted by atomic mass is 16.1. The topological polar surface area (TPSA) is 82.9 Å². The summed E-state index contributed by atoms with van der Waals surface area (Å²) in [5.41, 5.74) is 3.25. The highest BCUT2D eigenvalue weighted by Gasteiger charge is 2.35. The fourth-order valence-electron chi connectivity index (χ4n) is 5.72. The van der Waals surface area contributed by atoms with E-state index in [1.165, 1.54) is 45.2 Å². The Morgan fingerprint density at radius 2 is 1.91 bits per heavy atom. The van der Waals surface area contributed by atoms with E-state index in [-0.39, 0.29) is 11.8 Å². The number of nitrogens with zero attached hydrogens (tertiary/aromatic N) is 6. The molecule has 1 aromatic carbocycles. The molecule has 1 N–H and O–H groups in total. The van der Waals surface area contributed by atoms with Crippen LogP contribution in [0.3, 0.4) is 0 Å². The number of hydrogen-bond donors (Lipinski definition) is 1. The molecule has 0 amide bonds. The van der Waals surface area contributed by atoms with Gasteiger partial charge in [0.15, 0.2) is 5.78 Å². The number of Topliss-reactive ketones (excluding diaryl/α,β-unsaturated/α-hetero) is 1. The molecule has 0 aliphatic carbocycles. The van der Waals surface area contributed by atoms with Gasteiger partial charge in [-0.25, -0.2) is 0 Å². The number of benzene rings is 1. The second-order valence-corrected chi connectivity index (χ2v) is 9.86. The molecule has 4 saturated heterocycles. The van der Waals surface area contributed by atoms with Gasteiger partial charge in [-0.05, 0) is 76.3 Å². The minimum absolute atomic E-state index is 0.117. The van der Waals surface area contributed by atoms with Crippen molar-refractivity contribution in [3.63, 3.8) is 0 Å². The third-order valence-electron chi connectivity index (χ3n) is 7.69. The Balaban J connectivity index is 1.13. The van der Waals surface area contributed by atoms with E-state index in [2.05, 4.69) is 36.7 Å². The quantitative estimate of drug-likeness (QED) is 0.562. The zero-order valence-electron chi connectivity index (χ0n) is 19.1. The summed E-state index contributed by atoms with van der Waals surface area (Å²) < 4.78 is 1.93. The molecule has 0 unspecified atom stereocenters. The van der Waals surface area contributed by atoms with E-state index >= 15 is 0 Å². The van der Waals surface area contributed by atoms with Crippen molar-refractivity contribution in [2.24, 2.45) is 5.92 Å². The Kier molecular flexibility index (Phi) is 5.72. The fraction of sp³-hybridized carbons (Fsp3) is 0.560. The van der Waals surface area contributed by atoms with Crippen molar-refractivity contribution >= 4 is 16.7 Å². The van der Waals surface area contributed by atoms with Crippen molar-refractivity contribution in [2.75, 3.05) is 32.7 Å². The fourth-order valence-corrected chi connectivity index (χ4v) is 5.72. The Hall–Kier alpha value is -2.58.